The molecule has 0 aromatic heterocycles. The predicted molar refractivity (Wildman–Crippen MR) is 52.5 cm³/mol. The Morgan fingerprint density at radius 3 is 1.50 bits per heavy atom. The molecule has 4 heteroatoms. The molecule has 0 saturated heterocycles. The van der Waals surface area contributed by atoms with Gasteiger partial charge in [0.1, 0.15) is 0 Å². The summed E-state index contributed by atoms with van der Waals surface area (Å²) in [4.78, 5) is 0. The predicted octanol–water partition coefficient (Wildman–Crippen LogP) is 0.421. The second-order valence-corrected chi connectivity index (χ2v) is 2.80. The van der Waals surface area contributed by atoms with Crippen molar-refractivity contribution in [3.05, 3.63) is 0 Å². The summed E-state index contributed by atoms with van der Waals surface area (Å²) in [6.45, 7) is 0. The molecule has 0 radical (unpaired) electrons. The summed E-state index contributed by atoms with van der Waals surface area (Å²) in [6, 6.07) is -0.0894. The van der Waals surface area contributed by atoms with Crippen LogP contribution in [0.15, 0.2) is 0 Å². The third-order valence-electron chi connectivity index (χ3n) is 1.29. The number of thiocarbonyl (C=S) groups is 2. The smallest absolute Gasteiger partial charge is 0.0238 e. The zero-order chi connectivity index (χ0) is 7.98. The molecule has 0 saturated carbocycles. The summed E-state index contributed by atoms with van der Waals surface area (Å²) in [7, 11) is 0. The third kappa shape index (κ3) is 4.00. The van der Waals surface area contributed by atoms with Gasteiger partial charge in [0.05, 0.1) is 0 Å². The second-order valence-electron chi connectivity index (χ2n) is 2.13. The Labute approximate surface area is 72.0 Å². The lowest BCUT2D eigenvalue weighted by Gasteiger charge is -2.15. The molecule has 58 valence electrons. The van der Waals surface area contributed by atoms with Crippen LogP contribution in [0.3, 0.4) is 0 Å². The SMILES string of the molecule is NC(CC=S)C(N)CC=S. The summed E-state index contributed by atoms with van der Waals surface area (Å²) < 4.78 is 0. The number of rotatable bonds is 5. The Morgan fingerprint density at radius 1 is 1.00 bits per heavy atom. The van der Waals surface area contributed by atoms with Crippen LogP contribution in [0.5, 0.6) is 0 Å². The van der Waals surface area contributed by atoms with Gasteiger partial charge in [0, 0.05) is 12.1 Å². The van der Waals surface area contributed by atoms with Gasteiger partial charge in [-0.05, 0) is 23.6 Å². The highest BCUT2D eigenvalue weighted by molar-refractivity contribution is 7.79. The Kier molecular flexibility index (Phi) is 5.91. The van der Waals surface area contributed by atoms with Crippen molar-refractivity contribution in [2.24, 2.45) is 11.5 Å². The molecule has 2 nitrogen and oxygen atoms in total. The van der Waals surface area contributed by atoms with Gasteiger partial charge < -0.3 is 11.5 Å². The van der Waals surface area contributed by atoms with Crippen molar-refractivity contribution in [1.82, 2.24) is 0 Å². The van der Waals surface area contributed by atoms with Crippen LogP contribution in [0, 0.1) is 0 Å². The molecular formula is C6H12N2S2. The highest BCUT2D eigenvalue weighted by atomic mass is 32.1. The third-order valence-corrected chi connectivity index (χ3v) is 1.67. The van der Waals surface area contributed by atoms with E-state index in [0.717, 1.165) is 0 Å². The van der Waals surface area contributed by atoms with Gasteiger partial charge in [0.25, 0.3) is 0 Å². The normalized spacial score (nSPS) is 15.8. The van der Waals surface area contributed by atoms with Crippen LogP contribution in [0.1, 0.15) is 12.8 Å². The molecule has 2 unspecified atom stereocenters. The van der Waals surface area contributed by atoms with Crippen LogP contribution in [0.25, 0.3) is 0 Å². The van der Waals surface area contributed by atoms with Gasteiger partial charge in [-0.2, -0.15) is 0 Å². The maximum Gasteiger partial charge on any atom is 0.0238 e. The van der Waals surface area contributed by atoms with Crippen molar-refractivity contribution in [1.29, 1.82) is 0 Å². The Hall–Kier alpha value is 0.100. The van der Waals surface area contributed by atoms with E-state index in [-0.39, 0.29) is 12.1 Å². The molecule has 0 fully saturated rings. The minimum absolute atomic E-state index is 0.0447. The van der Waals surface area contributed by atoms with Gasteiger partial charge in [-0.15, -0.1) is 0 Å². The first kappa shape index (κ1) is 10.1. The molecule has 2 atom stereocenters. The van der Waals surface area contributed by atoms with Crippen LogP contribution in [-0.4, -0.2) is 22.8 Å². The number of hydrogen-bond acceptors (Lipinski definition) is 4. The minimum Gasteiger partial charge on any atom is -0.326 e. The van der Waals surface area contributed by atoms with E-state index in [1.807, 2.05) is 0 Å². The summed E-state index contributed by atoms with van der Waals surface area (Å²) >= 11 is 9.27. The molecule has 0 aromatic carbocycles. The average molecular weight is 176 g/mol. The molecule has 0 rings (SSSR count). The van der Waals surface area contributed by atoms with Crippen molar-refractivity contribution >= 4 is 35.2 Å². The molecule has 0 heterocycles. The fourth-order valence-corrected chi connectivity index (χ4v) is 1.02. The van der Waals surface area contributed by atoms with E-state index in [4.69, 9.17) is 11.5 Å². The van der Waals surface area contributed by atoms with Crippen molar-refractivity contribution in [3.8, 4) is 0 Å². The molecule has 0 aliphatic carbocycles. The lowest BCUT2D eigenvalue weighted by atomic mass is 10.1. The van der Waals surface area contributed by atoms with E-state index < -0.39 is 0 Å². The van der Waals surface area contributed by atoms with E-state index in [9.17, 15) is 0 Å². The van der Waals surface area contributed by atoms with Gasteiger partial charge in [-0.1, -0.05) is 24.4 Å². The van der Waals surface area contributed by atoms with Gasteiger partial charge >= 0.3 is 0 Å². The van der Waals surface area contributed by atoms with Gasteiger partial charge in [0.2, 0.25) is 0 Å². The van der Waals surface area contributed by atoms with Gasteiger partial charge in [0.15, 0.2) is 0 Å². The molecular weight excluding hydrogens is 164 g/mol. The number of hydrogen-bond donors (Lipinski definition) is 2. The quantitative estimate of drug-likeness (QED) is 0.596. The topological polar surface area (TPSA) is 52.0 Å². The summed E-state index contributed by atoms with van der Waals surface area (Å²) in [5.41, 5.74) is 11.2. The molecule has 0 aromatic rings. The molecule has 0 aliphatic heterocycles. The van der Waals surface area contributed by atoms with E-state index in [1.54, 1.807) is 10.7 Å². The van der Waals surface area contributed by atoms with Crippen LogP contribution in [0.2, 0.25) is 0 Å². The lowest BCUT2D eigenvalue weighted by molar-refractivity contribution is 0.561. The molecule has 0 amide bonds. The maximum atomic E-state index is 5.62. The van der Waals surface area contributed by atoms with E-state index in [0.29, 0.717) is 12.8 Å². The first-order valence-electron chi connectivity index (χ1n) is 3.10. The van der Waals surface area contributed by atoms with E-state index in [2.05, 4.69) is 24.4 Å². The van der Waals surface area contributed by atoms with Gasteiger partial charge in [-0.25, -0.2) is 0 Å². The molecule has 10 heavy (non-hydrogen) atoms. The fraction of sp³-hybridized carbons (Fsp3) is 0.667. The summed E-state index contributed by atoms with van der Waals surface area (Å²) in [6.07, 6.45) is 1.36. The van der Waals surface area contributed by atoms with Crippen LogP contribution < -0.4 is 11.5 Å². The molecule has 0 spiro atoms. The zero-order valence-corrected chi connectivity index (χ0v) is 7.33. The summed E-state index contributed by atoms with van der Waals surface area (Å²) in [5.74, 6) is 0. The zero-order valence-electron chi connectivity index (χ0n) is 5.69. The monoisotopic (exact) mass is 176 g/mol. The molecule has 0 bridgehead atoms. The standard InChI is InChI=1S/C6H12N2S2/c7-5(1-3-9)6(8)2-4-10/h3-6H,1-2,7-8H2. The van der Waals surface area contributed by atoms with Crippen molar-refractivity contribution < 1.29 is 0 Å². The first-order chi connectivity index (χ1) is 4.72. The van der Waals surface area contributed by atoms with Gasteiger partial charge in [-0.3, -0.25) is 0 Å². The number of nitrogens with two attached hydrogens (primary N) is 2. The Balaban J connectivity index is 3.56. The fourth-order valence-electron chi connectivity index (χ4n) is 0.572. The van der Waals surface area contributed by atoms with Crippen LogP contribution in [0.4, 0.5) is 0 Å². The first-order valence-corrected chi connectivity index (χ1v) is 4.05. The highest BCUT2D eigenvalue weighted by Gasteiger charge is 2.09. The van der Waals surface area contributed by atoms with Crippen LogP contribution in [-0.2, 0) is 0 Å². The van der Waals surface area contributed by atoms with Crippen LogP contribution >= 0.6 is 24.4 Å². The Morgan fingerprint density at radius 2 is 1.30 bits per heavy atom. The van der Waals surface area contributed by atoms with Crippen molar-refractivity contribution in [2.45, 2.75) is 24.9 Å². The highest BCUT2D eigenvalue weighted by Crippen LogP contribution is 1.94. The molecule has 4 N–H and O–H groups in total. The lowest BCUT2D eigenvalue weighted by Crippen LogP contribution is -2.41. The maximum absolute atomic E-state index is 5.62. The minimum atomic E-state index is -0.0447. The van der Waals surface area contributed by atoms with E-state index in [1.165, 1.54) is 0 Å². The largest absolute Gasteiger partial charge is 0.326 e. The average Bonchev–Trinajstić information content (AvgIpc) is 1.89. The Bertz CT molecular complexity index is 102. The summed E-state index contributed by atoms with van der Waals surface area (Å²) in [5, 5.41) is 3.21. The second kappa shape index (κ2) is 5.85. The van der Waals surface area contributed by atoms with E-state index >= 15 is 0 Å². The van der Waals surface area contributed by atoms with Crippen molar-refractivity contribution in [2.75, 3.05) is 0 Å². The van der Waals surface area contributed by atoms with Crippen molar-refractivity contribution in [3.63, 3.8) is 0 Å². The molecule has 0 aliphatic rings.